The zero-order chi connectivity index (χ0) is 11.7. The highest BCUT2D eigenvalue weighted by Crippen LogP contribution is 2.25. The maximum absolute atomic E-state index is 13.5. The molecule has 2 rings (SSSR count). The minimum atomic E-state index is -0.726. The first-order chi connectivity index (χ1) is 7.58. The summed E-state index contributed by atoms with van der Waals surface area (Å²) in [5.74, 6) is -0.0614. The Hall–Kier alpha value is -2.24. The van der Waals surface area contributed by atoms with Gasteiger partial charge in [0.2, 0.25) is 5.89 Å². The van der Waals surface area contributed by atoms with Crippen LogP contribution in [0.4, 0.5) is 10.1 Å². The van der Waals surface area contributed by atoms with Crippen LogP contribution in [0.25, 0.3) is 11.5 Å². The third kappa shape index (κ3) is 1.77. The molecule has 0 aliphatic rings. The lowest BCUT2D eigenvalue weighted by Gasteiger charge is -1.97. The number of nitrogens with zero attached hydrogens (tertiary/aromatic N) is 2. The first-order valence-corrected chi connectivity index (χ1v) is 4.44. The van der Waals surface area contributed by atoms with Gasteiger partial charge in [0.05, 0.1) is 22.7 Å². The molecular weight excluding hydrogens is 215 g/mol. The van der Waals surface area contributed by atoms with Crippen molar-refractivity contribution in [3.05, 3.63) is 46.1 Å². The van der Waals surface area contributed by atoms with Gasteiger partial charge in [0.25, 0.3) is 5.69 Å². The van der Waals surface area contributed by atoms with Gasteiger partial charge in [-0.3, -0.25) is 10.1 Å². The molecule has 6 heteroatoms. The quantitative estimate of drug-likeness (QED) is 0.578. The number of hydrogen-bond donors (Lipinski definition) is 0. The molecule has 0 amide bonds. The van der Waals surface area contributed by atoms with E-state index in [0.717, 1.165) is 6.07 Å². The fourth-order valence-electron chi connectivity index (χ4n) is 1.27. The van der Waals surface area contributed by atoms with Crippen molar-refractivity contribution in [1.29, 1.82) is 0 Å². The molecule has 82 valence electrons. The number of nitro benzene ring substituents is 1. The monoisotopic (exact) mass is 222 g/mol. The van der Waals surface area contributed by atoms with Crippen LogP contribution in [0.1, 0.15) is 5.76 Å². The Labute approximate surface area is 89.7 Å². The standard InChI is InChI=1S/C10H7FN2O3/c1-6-5-12-10(16-6)8-3-2-7(13(14)15)4-9(8)11/h2-5H,1H3. The van der Waals surface area contributed by atoms with Gasteiger partial charge in [0.15, 0.2) is 0 Å². The molecule has 0 saturated carbocycles. The van der Waals surface area contributed by atoms with Gasteiger partial charge in [0.1, 0.15) is 11.6 Å². The molecule has 2 aromatic rings. The second-order valence-electron chi connectivity index (χ2n) is 3.20. The lowest BCUT2D eigenvalue weighted by atomic mass is 10.2. The van der Waals surface area contributed by atoms with E-state index in [0.29, 0.717) is 5.76 Å². The van der Waals surface area contributed by atoms with Gasteiger partial charge >= 0.3 is 0 Å². The van der Waals surface area contributed by atoms with Gasteiger partial charge in [-0.25, -0.2) is 9.37 Å². The van der Waals surface area contributed by atoms with E-state index in [9.17, 15) is 14.5 Å². The summed E-state index contributed by atoms with van der Waals surface area (Å²) in [5.41, 5.74) is -0.191. The second kappa shape index (κ2) is 3.73. The lowest BCUT2D eigenvalue weighted by molar-refractivity contribution is -0.385. The van der Waals surface area contributed by atoms with Crippen LogP contribution < -0.4 is 0 Å². The fourth-order valence-corrected chi connectivity index (χ4v) is 1.27. The number of oxazole rings is 1. The number of aryl methyl sites for hydroxylation is 1. The zero-order valence-electron chi connectivity index (χ0n) is 8.31. The molecule has 1 aromatic heterocycles. The van der Waals surface area contributed by atoms with Gasteiger partial charge in [-0.1, -0.05) is 0 Å². The first-order valence-electron chi connectivity index (χ1n) is 4.44. The number of benzene rings is 1. The van der Waals surface area contributed by atoms with Gasteiger partial charge in [-0.2, -0.15) is 0 Å². The minimum absolute atomic E-state index is 0.110. The van der Waals surface area contributed by atoms with Crippen molar-refractivity contribution in [2.24, 2.45) is 0 Å². The number of non-ortho nitro benzene ring substituents is 1. The first kappa shape index (κ1) is 10.3. The van der Waals surface area contributed by atoms with Crippen molar-refractivity contribution in [2.75, 3.05) is 0 Å². The molecule has 16 heavy (non-hydrogen) atoms. The number of nitro groups is 1. The Morgan fingerprint density at radius 2 is 2.25 bits per heavy atom. The van der Waals surface area contributed by atoms with Gasteiger partial charge in [-0.05, 0) is 13.0 Å². The van der Waals surface area contributed by atoms with Crippen LogP contribution in [-0.2, 0) is 0 Å². The maximum Gasteiger partial charge on any atom is 0.272 e. The summed E-state index contributed by atoms with van der Waals surface area (Å²) >= 11 is 0. The number of rotatable bonds is 2. The highest BCUT2D eigenvalue weighted by atomic mass is 19.1. The highest BCUT2D eigenvalue weighted by molar-refractivity contribution is 5.56. The number of hydrogen-bond acceptors (Lipinski definition) is 4. The van der Waals surface area contributed by atoms with E-state index >= 15 is 0 Å². The molecule has 0 saturated heterocycles. The Morgan fingerprint density at radius 3 is 2.75 bits per heavy atom. The Morgan fingerprint density at radius 1 is 1.50 bits per heavy atom. The Balaban J connectivity index is 2.47. The largest absolute Gasteiger partial charge is 0.441 e. The molecule has 1 heterocycles. The summed E-state index contributed by atoms with van der Waals surface area (Å²) in [6.07, 6.45) is 1.45. The van der Waals surface area contributed by atoms with E-state index < -0.39 is 10.7 Å². The predicted octanol–water partition coefficient (Wildman–Crippen LogP) is 2.70. The molecule has 0 fully saturated rings. The van der Waals surface area contributed by atoms with Crippen LogP contribution in [-0.4, -0.2) is 9.91 Å². The third-order valence-electron chi connectivity index (χ3n) is 2.02. The van der Waals surface area contributed by atoms with Crippen LogP contribution in [0.3, 0.4) is 0 Å². The smallest absolute Gasteiger partial charge is 0.272 e. The van der Waals surface area contributed by atoms with Crippen LogP contribution in [0.15, 0.2) is 28.8 Å². The summed E-state index contributed by atoms with van der Waals surface area (Å²) in [4.78, 5) is 13.6. The van der Waals surface area contributed by atoms with Crippen molar-refractivity contribution in [2.45, 2.75) is 6.92 Å². The van der Waals surface area contributed by atoms with E-state index in [2.05, 4.69) is 4.98 Å². The summed E-state index contributed by atoms with van der Waals surface area (Å²) in [5, 5.41) is 10.4. The third-order valence-corrected chi connectivity index (χ3v) is 2.02. The molecule has 1 aromatic carbocycles. The molecule has 0 atom stereocenters. The van der Waals surface area contributed by atoms with Crippen molar-refractivity contribution < 1.29 is 13.7 Å². The highest BCUT2D eigenvalue weighted by Gasteiger charge is 2.14. The Bertz CT molecular complexity index is 551. The second-order valence-corrected chi connectivity index (χ2v) is 3.20. The summed E-state index contributed by atoms with van der Waals surface area (Å²) in [7, 11) is 0. The molecule has 0 radical (unpaired) electrons. The van der Waals surface area contributed by atoms with Crippen LogP contribution >= 0.6 is 0 Å². The van der Waals surface area contributed by atoms with Crippen LogP contribution in [0, 0.1) is 22.9 Å². The fraction of sp³-hybridized carbons (Fsp3) is 0.100. The summed E-state index contributed by atoms with van der Waals surface area (Å²) in [6, 6.07) is 3.32. The van der Waals surface area contributed by atoms with Crippen LogP contribution in [0.2, 0.25) is 0 Å². The molecule has 5 nitrogen and oxygen atoms in total. The average Bonchev–Trinajstić information content (AvgIpc) is 2.64. The SMILES string of the molecule is Cc1cnc(-c2ccc([N+](=O)[O-])cc2F)o1. The van der Waals surface area contributed by atoms with E-state index in [1.54, 1.807) is 6.92 Å². The van der Waals surface area contributed by atoms with Crippen molar-refractivity contribution in [3.63, 3.8) is 0 Å². The zero-order valence-corrected chi connectivity index (χ0v) is 8.31. The van der Waals surface area contributed by atoms with Crippen molar-refractivity contribution in [1.82, 2.24) is 4.98 Å². The van der Waals surface area contributed by atoms with E-state index in [1.165, 1.54) is 18.3 Å². The number of aromatic nitrogens is 1. The van der Waals surface area contributed by atoms with E-state index in [-0.39, 0.29) is 17.1 Å². The van der Waals surface area contributed by atoms with Gasteiger partial charge in [0, 0.05) is 6.07 Å². The summed E-state index contributed by atoms with van der Waals surface area (Å²) in [6.45, 7) is 1.68. The molecule has 0 spiro atoms. The normalized spacial score (nSPS) is 10.4. The van der Waals surface area contributed by atoms with Gasteiger partial charge in [-0.15, -0.1) is 0 Å². The maximum atomic E-state index is 13.5. The lowest BCUT2D eigenvalue weighted by Crippen LogP contribution is -1.91. The minimum Gasteiger partial charge on any atom is -0.441 e. The molecule has 0 unspecified atom stereocenters. The van der Waals surface area contributed by atoms with Crippen molar-refractivity contribution >= 4 is 5.69 Å². The topological polar surface area (TPSA) is 69.2 Å². The number of halogens is 1. The molecular formula is C10H7FN2O3. The van der Waals surface area contributed by atoms with Gasteiger partial charge < -0.3 is 4.42 Å². The van der Waals surface area contributed by atoms with E-state index in [1.807, 2.05) is 0 Å². The van der Waals surface area contributed by atoms with E-state index in [4.69, 9.17) is 4.42 Å². The summed E-state index contributed by atoms with van der Waals surface area (Å²) < 4.78 is 18.6. The van der Waals surface area contributed by atoms with Crippen LogP contribution in [0.5, 0.6) is 0 Å². The molecule has 0 aliphatic carbocycles. The molecule has 0 N–H and O–H groups in total. The average molecular weight is 222 g/mol. The predicted molar refractivity (Wildman–Crippen MR) is 53.3 cm³/mol. The molecule has 0 bridgehead atoms. The molecule has 0 aliphatic heterocycles. The Kier molecular flexibility index (Phi) is 2.40. The van der Waals surface area contributed by atoms with Crippen molar-refractivity contribution in [3.8, 4) is 11.5 Å².